The van der Waals surface area contributed by atoms with Gasteiger partial charge in [0.05, 0.1) is 0 Å². The van der Waals surface area contributed by atoms with Crippen molar-refractivity contribution in [3.63, 3.8) is 0 Å². The van der Waals surface area contributed by atoms with Gasteiger partial charge in [0.1, 0.15) is 0 Å². The smallest absolute Gasteiger partial charge is 0.0218 e. The van der Waals surface area contributed by atoms with Crippen molar-refractivity contribution in [1.29, 1.82) is 0 Å². The summed E-state index contributed by atoms with van der Waals surface area (Å²) in [6, 6.07) is 1.36. The Hall–Kier alpha value is -0.0800. The third kappa shape index (κ3) is 2.96. The molecule has 13 heavy (non-hydrogen) atoms. The van der Waals surface area contributed by atoms with Crippen molar-refractivity contribution in [2.75, 3.05) is 13.1 Å². The molecule has 1 saturated heterocycles. The van der Waals surface area contributed by atoms with E-state index in [1.54, 1.807) is 0 Å². The van der Waals surface area contributed by atoms with E-state index in [9.17, 15) is 0 Å². The summed E-state index contributed by atoms with van der Waals surface area (Å²) in [5.41, 5.74) is 5.79. The second-order valence-corrected chi connectivity index (χ2v) is 4.23. The van der Waals surface area contributed by atoms with E-state index in [0.717, 1.165) is 12.6 Å². The summed E-state index contributed by atoms with van der Waals surface area (Å²) in [6.07, 6.45) is 6.72. The summed E-state index contributed by atoms with van der Waals surface area (Å²) in [6.45, 7) is 6.68. The number of nitrogens with two attached hydrogens (primary N) is 1. The molecule has 2 unspecified atom stereocenters. The molecule has 0 saturated carbocycles. The van der Waals surface area contributed by atoms with Gasteiger partial charge in [-0.05, 0) is 32.7 Å². The van der Waals surface area contributed by atoms with Crippen LogP contribution in [0.25, 0.3) is 0 Å². The lowest BCUT2D eigenvalue weighted by atomic mass is 10.1. The molecule has 0 radical (unpaired) electrons. The van der Waals surface area contributed by atoms with Crippen molar-refractivity contribution >= 4 is 0 Å². The first-order valence-electron chi connectivity index (χ1n) is 5.75. The Morgan fingerprint density at radius 1 is 1.38 bits per heavy atom. The molecule has 2 nitrogen and oxygen atoms in total. The highest BCUT2D eigenvalue weighted by atomic mass is 15.2. The Morgan fingerprint density at radius 2 is 2.15 bits per heavy atom. The van der Waals surface area contributed by atoms with Gasteiger partial charge in [0.2, 0.25) is 0 Å². The largest absolute Gasteiger partial charge is 0.329 e. The second kappa shape index (κ2) is 5.61. The third-order valence-electron chi connectivity index (χ3n) is 3.32. The number of nitrogens with zero attached hydrogens (tertiary/aromatic N) is 1. The third-order valence-corrected chi connectivity index (χ3v) is 3.32. The quantitative estimate of drug-likeness (QED) is 0.727. The summed E-state index contributed by atoms with van der Waals surface area (Å²) >= 11 is 0. The minimum absolute atomic E-state index is 0.619. The molecule has 0 amide bonds. The van der Waals surface area contributed by atoms with Gasteiger partial charge in [0.25, 0.3) is 0 Å². The maximum absolute atomic E-state index is 5.79. The Bertz CT molecular complexity index is 132. The van der Waals surface area contributed by atoms with Crippen LogP contribution in [0, 0.1) is 0 Å². The van der Waals surface area contributed by atoms with E-state index in [-0.39, 0.29) is 0 Å². The van der Waals surface area contributed by atoms with Crippen LogP contribution in [0.1, 0.15) is 46.0 Å². The molecule has 1 heterocycles. The number of rotatable bonds is 3. The highest BCUT2D eigenvalue weighted by molar-refractivity contribution is 4.78. The number of hydrogen-bond acceptors (Lipinski definition) is 2. The molecule has 0 bridgehead atoms. The zero-order chi connectivity index (χ0) is 9.68. The van der Waals surface area contributed by atoms with E-state index < -0.39 is 0 Å². The Labute approximate surface area is 82.5 Å². The molecule has 78 valence electrons. The highest BCUT2D eigenvalue weighted by Gasteiger charge is 2.22. The monoisotopic (exact) mass is 184 g/mol. The first-order valence-corrected chi connectivity index (χ1v) is 5.75. The average molecular weight is 184 g/mol. The fourth-order valence-electron chi connectivity index (χ4n) is 2.38. The van der Waals surface area contributed by atoms with Gasteiger partial charge in [-0.25, -0.2) is 0 Å². The van der Waals surface area contributed by atoms with E-state index in [1.807, 2.05) is 0 Å². The number of hydrogen-bond donors (Lipinski definition) is 1. The maximum Gasteiger partial charge on any atom is 0.0218 e. The molecule has 0 spiro atoms. The molecule has 0 aliphatic carbocycles. The molecule has 1 aliphatic heterocycles. The van der Waals surface area contributed by atoms with Gasteiger partial charge in [0, 0.05) is 18.6 Å². The molecule has 2 N–H and O–H groups in total. The van der Waals surface area contributed by atoms with Gasteiger partial charge in [-0.15, -0.1) is 0 Å². The predicted octanol–water partition coefficient (Wildman–Crippen LogP) is 1.99. The predicted molar refractivity (Wildman–Crippen MR) is 57.8 cm³/mol. The summed E-state index contributed by atoms with van der Waals surface area (Å²) < 4.78 is 0. The molecule has 2 atom stereocenters. The molecule has 0 aromatic heterocycles. The van der Waals surface area contributed by atoms with Crippen molar-refractivity contribution in [3.8, 4) is 0 Å². The Balaban J connectivity index is 2.51. The van der Waals surface area contributed by atoms with Crippen LogP contribution in [-0.4, -0.2) is 30.1 Å². The van der Waals surface area contributed by atoms with E-state index in [2.05, 4.69) is 18.7 Å². The van der Waals surface area contributed by atoms with Crippen LogP contribution < -0.4 is 5.73 Å². The zero-order valence-electron chi connectivity index (χ0n) is 9.13. The van der Waals surface area contributed by atoms with Crippen molar-refractivity contribution < 1.29 is 0 Å². The summed E-state index contributed by atoms with van der Waals surface area (Å²) in [4.78, 5) is 2.62. The summed E-state index contributed by atoms with van der Waals surface area (Å²) in [5.74, 6) is 0. The van der Waals surface area contributed by atoms with Gasteiger partial charge in [-0.3, -0.25) is 4.90 Å². The van der Waals surface area contributed by atoms with Crippen LogP contribution >= 0.6 is 0 Å². The van der Waals surface area contributed by atoms with Gasteiger partial charge in [-0.2, -0.15) is 0 Å². The molecule has 0 aromatic carbocycles. The van der Waals surface area contributed by atoms with E-state index >= 15 is 0 Å². The van der Waals surface area contributed by atoms with E-state index in [1.165, 1.54) is 38.6 Å². The van der Waals surface area contributed by atoms with Crippen LogP contribution in [0.2, 0.25) is 0 Å². The van der Waals surface area contributed by atoms with Crippen molar-refractivity contribution in [3.05, 3.63) is 0 Å². The topological polar surface area (TPSA) is 29.3 Å². The van der Waals surface area contributed by atoms with Crippen molar-refractivity contribution in [2.24, 2.45) is 5.73 Å². The Kier molecular flexibility index (Phi) is 4.74. The molecule has 1 aliphatic rings. The molecular weight excluding hydrogens is 160 g/mol. The molecule has 0 aromatic rings. The van der Waals surface area contributed by atoms with Gasteiger partial charge >= 0.3 is 0 Å². The summed E-state index contributed by atoms with van der Waals surface area (Å²) in [7, 11) is 0. The van der Waals surface area contributed by atoms with Gasteiger partial charge in [0.15, 0.2) is 0 Å². The fraction of sp³-hybridized carbons (Fsp3) is 1.00. The van der Waals surface area contributed by atoms with Crippen molar-refractivity contribution in [1.82, 2.24) is 4.90 Å². The first kappa shape index (κ1) is 11.0. The minimum atomic E-state index is 0.619. The normalized spacial score (nSPS) is 28.4. The van der Waals surface area contributed by atoms with Crippen LogP contribution in [0.3, 0.4) is 0 Å². The molecular formula is C11H24N2. The average Bonchev–Trinajstić information content (AvgIpc) is 2.34. The molecule has 1 rings (SSSR count). The molecule has 2 heteroatoms. The van der Waals surface area contributed by atoms with E-state index in [0.29, 0.717) is 6.04 Å². The number of likely N-dealkylation sites (tertiary alicyclic amines) is 1. The standard InChI is InChI=1S/C11H24N2/c1-3-11(9-12)13-8-6-4-5-7-10(13)2/h10-11H,3-9,12H2,1-2H3. The van der Waals surface area contributed by atoms with Gasteiger partial charge < -0.3 is 5.73 Å². The summed E-state index contributed by atoms with van der Waals surface area (Å²) in [5, 5.41) is 0. The zero-order valence-corrected chi connectivity index (χ0v) is 9.13. The van der Waals surface area contributed by atoms with Crippen molar-refractivity contribution in [2.45, 2.75) is 58.0 Å². The lowest BCUT2D eigenvalue weighted by Crippen LogP contribution is -2.45. The first-order chi connectivity index (χ1) is 6.29. The lowest BCUT2D eigenvalue weighted by molar-refractivity contribution is 0.146. The van der Waals surface area contributed by atoms with Crippen LogP contribution in [0.5, 0.6) is 0 Å². The van der Waals surface area contributed by atoms with E-state index in [4.69, 9.17) is 5.73 Å². The second-order valence-electron chi connectivity index (χ2n) is 4.23. The molecule has 1 fully saturated rings. The maximum atomic E-state index is 5.79. The minimum Gasteiger partial charge on any atom is -0.329 e. The highest BCUT2D eigenvalue weighted by Crippen LogP contribution is 2.19. The van der Waals surface area contributed by atoms with Gasteiger partial charge in [-0.1, -0.05) is 19.8 Å². The fourth-order valence-corrected chi connectivity index (χ4v) is 2.38. The van der Waals surface area contributed by atoms with Crippen LogP contribution in [0.4, 0.5) is 0 Å². The lowest BCUT2D eigenvalue weighted by Gasteiger charge is -2.34. The Morgan fingerprint density at radius 3 is 2.77 bits per heavy atom. The van der Waals surface area contributed by atoms with Crippen LogP contribution in [-0.2, 0) is 0 Å². The SMILES string of the molecule is CCC(CN)N1CCCCCC1C. The van der Waals surface area contributed by atoms with Crippen LogP contribution in [0.15, 0.2) is 0 Å².